The molecule has 3 aliphatic heterocycles. The number of fused-ring (bicyclic) bond motifs is 4. The molecule has 3 aromatic rings. The summed E-state index contributed by atoms with van der Waals surface area (Å²) < 4.78 is 1.03. The molecule has 3 fully saturated rings. The standard InChI is InChI=1S/C21H22ClN3OS2/c1-21(2)18(12-5-8-25(21)9-6-12)24-19(26)15-11-13-3-4-14(22)16(17(13)28-15)20-23-7-10-27-20/h3-4,7,10-12,18H,5-6,8-9H2,1-2H3,(H,24,26)/t18-/m0/s1. The third-order valence-electron chi connectivity index (χ3n) is 6.38. The van der Waals surface area contributed by atoms with Gasteiger partial charge in [-0.3, -0.25) is 9.69 Å². The van der Waals surface area contributed by atoms with E-state index in [2.05, 4.69) is 29.0 Å². The van der Waals surface area contributed by atoms with Gasteiger partial charge in [0.2, 0.25) is 0 Å². The third-order valence-corrected chi connectivity index (χ3v) is 8.65. The Balaban J connectivity index is 1.48. The molecular weight excluding hydrogens is 410 g/mol. The fourth-order valence-corrected chi connectivity index (χ4v) is 7.06. The lowest BCUT2D eigenvalue weighted by molar-refractivity contribution is -0.0377. The average Bonchev–Trinajstić information content (AvgIpc) is 3.34. The first kappa shape index (κ1) is 18.6. The van der Waals surface area contributed by atoms with Gasteiger partial charge >= 0.3 is 0 Å². The summed E-state index contributed by atoms with van der Waals surface area (Å²) in [6.07, 6.45) is 4.13. The zero-order chi connectivity index (χ0) is 19.5. The Hall–Kier alpha value is -1.47. The highest BCUT2D eigenvalue weighted by molar-refractivity contribution is 7.22. The van der Waals surface area contributed by atoms with Crippen LogP contribution in [0.3, 0.4) is 0 Å². The molecule has 1 N–H and O–H groups in total. The number of hydrogen-bond acceptors (Lipinski definition) is 5. The zero-order valence-electron chi connectivity index (χ0n) is 15.9. The van der Waals surface area contributed by atoms with Crippen molar-refractivity contribution in [1.82, 2.24) is 15.2 Å². The van der Waals surface area contributed by atoms with Crippen LogP contribution in [0, 0.1) is 5.92 Å². The van der Waals surface area contributed by atoms with Crippen molar-refractivity contribution in [2.24, 2.45) is 5.92 Å². The van der Waals surface area contributed by atoms with Gasteiger partial charge in [0.25, 0.3) is 5.91 Å². The van der Waals surface area contributed by atoms with Crippen molar-refractivity contribution in [3.63, 3.8) is 0 Å². The molecule has 0 spiro atoms. The molecule has 2 bridgehead atoms. The Morgan fingerprint density at radius 3 is 2.79 bits per heavy atom. The summed E-state index contributed by atoms with van der Waals surface area (Å²) in [5.74, 6) is 0.591. The molecule has 2 aromatic heterocycles. The largest absolute Gasteiger partial charge is 0.346 e. The van der Waals surface area contributed by atoms with Gasteiger partial charge in [-0.2, -0.15) is 0 Å². The number of carbonyl (C=O) groups is 1. The summed E-state index contributed by atoms with van der Waals surface area (Å²) in [6.45, 7) is 6.80. The number of thiophene rings is 1. The topological polar surface area (TPSA) is 45.2 Å². The molecule has 5 heterocycles. The van der Waals surface area contributed by atoms with Crippen molar-refractivity contribution in [2.45, 2.75) is 38.3 Å². The van der Waals surface area contributed by atoms with Crippen LogP contribution in [0.1, 0.15) is 36.4 Å². The first-order chi connectivity index (χ1) is 13.4. The molecule has 3 aliphatic rings. The van der Waals surface area contributed by atoms with Gasteiger partial charge < -0.3 is 5.32 Å². The first-order valence-corrected chi connectivity index (χ1v) is 11.7. The summed E-state index contributed by atoms with van der Waals surface area (Å²) in [5, 5.41) is 7.92. The van der Waals surface area contributed by atoms with E-state index in [0.29, 0.717) is 10.9 Å². The number of thiazole rings is 1. The highest BCUT2D eigenvalue weighted by Gasteiger charge is 2.48. The van der Waals surface area contributed by atoms with Crippen LogP contribution in [-0.4, -0.2) is 40.5 Å². The SMILES string of the molecule is CC1(C)[C@@H](NC(=O)c2cc3ccc(Cl)c(-c4nccs4)c3s2)C2CCN1CC2. The van der Waals surface area contributed by atoms with Crippen LogP contribution in [0.25, 0.3) is 20.7 Å². The number of halogens is 1. The van der Waals surface area contributed by atoms with E-state index in [0.717, 1.165) is 38.6 Å². The number of benzene rings is 1. The molecule has 0 unspecified atom stereocenters. The second-order valence-corrected chi connectivity index (χ2v) is 10.6. The minimum Gasteiger partial charge on any atom is -0.346 e. The van der Waals surface area contributed by atoms with Crippen molar-refractivity contribution in [3.05, 3.63) is 39.7 Å². The van der Waals surface area contributed by atoms with Gasteiger partial charge in [0.15, 0.2) is 0 Å². The molecule has 1 amide bonds. The van der Waals surface area contributed by atoms with Gasteiger partial charge in [-0.1, -0.05) is 17.7 Å². The molecule has 0 radical (unpaired) electrons. The van der Waals surface area contributed by atoms with Crippen LogP contribution in [0.4, 0.5) is 0 Å². The summed E-state index contributed by atoms with van der Waals surface area (Å²) in [6, 6.07) is 6.05. The van der Waals surface area contributed by atoms with Crippen molar-refractivity contribution in [1.29, 1.82) is 0 Å². The number of amides is 1. The smallest absolute Gasteiger partial charge is 0.261 e. The van der Waals surface area contributed by atoms with E-state index >= 15 is 0 Å². The van der Waals surface area contributed by atoms with Crippen LogP contribution in [0.15, 0.2) is 29.8 Å². The predicted molar refractivity (Wildman–Crippen MR) is 118 cm³/mol. The number of nitrogens with one attached hydrogen (secondary N) is 1. The maximum absolute atomic E-state index is 13.2. The van der Waals surface area contributed by atoms with Gasteiger partial charge in [0, 0.05) is 33.4 Å². The Kier molecular flexibility index (Phi) is 4.51. The summed E-state index contributed by atoms with van der Waals surface area (Å²) in [7, 11) is 0. The zero-order valence-corrected chi connectivity index (χ0v) is 18.3. The summed E-state index contributed by atoms with van der Waals surface area (Å²) in [4.78, 5) is 20.8. The molecule has 3 saturated heterocycles. The van der Waals surface area contributed by atoms with Crippen LogP contribution < -0.4 is 5.32 Å². The minimum absolute atomic E-state index is 0.00284. The van der Waals surface area contributed by atoms with Gasteiger partial charge in [-0.15, -0.1) is 22.7 Å². The summed E-state index contributed by atoms with van der Waals surface area (Å²) in [5.41, 5.74) is 0.935. The molecule has 1 aromatic carbocycles. The maximum atomic E-state index is 13.2. The van der Waals surface area contributed by atoms with E-state index in [4.69, 9.17) is 11.6 Å². The van der Waals surface area contributed by atoms with Gasteiger partial charge in [-0.25, -0.2) is 4.98 Å². The van der Waals surface area contributed by atoms with E-state index in [-0.39, 0.29) is 17.5 Å². The Morgan fingerprint density at radius 2 is 2.11 bits per heavy atom. The third kappa shape index (κ3) is 2.89. The highest BCUT2D eigenvalue weighted by atomic mass is 35.5. The molecule has 6 rings (SSSR count). The van der Waals surface area contributed by atoms with E-state index in [1.54, 1.807) is 17.5 Å². The van der Waals surface area contributed by atoms with Crippen molar-refractivity contribution < 1.29 is 4.79 Å². The van der Waals surface area contributed by atoms with E-state index in [1.807, 2.05) is 23.6 Å². The Morgan fingerprint density at radius 1 is 1.32 bits per heavy atom. The second kappa shape index (κ2) is 6.80. The van der Waals surface area contributed by atoms with Crippen LogP contribution in [0.5, 0.6) is 0 Å². The fraction of sp³-hybridized carbons (Fsp3) is 0.429. The average molecular weight is 432 g/mol. The first-order valence-electron chi connectivity index (χ1n) is 9.63. The van der Waals surface area contributed by atoms with E-state index in [1.165, 1.54) is 24.2 Å². The number of aromatic nitrogens is 1. The molecule has 0 saturated carbocycles. The van der Waals surface area contributed by atoms with Crippen molar-refractivity contribution in [3.8, 4) is 10.6 Å². The van der Waals surface area contributed by atoms with E-state index in [9.17, 15) is 4.79 Å². The number of carbonyl (C=O) groups excluding carboxylic acids is 1. The molecule has 28 heavy (non-hydrogen) atoms. The predicted octanol–water partition coefficient (Wildman–Crippen LogP) is 5.28. The molecule has 1 atom stereocenters. The Labute approximate surface area is 177 Å². The number of piperidine rings is 3. The lowest BCUT2D eigenvalue weighted by Crippen LogP contribution is -2.69. The van der Waals surface area contributed by atoms with Gasteiger partial charge in [0.1, 0.15) is 5.01 Å². The van der Waals surface area contributed by atoms with Crippen molar-refractivity contribution in [2.75, 3.05) is 13.1 Å². The molecular formula is C21H22ClN3OS2. The second-order valence-electron chi connectivity index (χ2n) is 8.22. The van der Waals surface area contributed by atoms with Crippen molar-refractivity contribution >= 4 is 50.3 Å². The van der Waals surface area contributed by atoms with Crippen LogP contribution in [-0.2, 0) is 0 Å². The highest BCUT2D eigenvalue weighted by Crippen LogP contribution is 2.42. The molecule has 7 heteroatoms. The van der Waals surface area contributed by atoms with Crippen LogP contribution in [0.2, 0.25) is 5.02 Å². The van der Waals surface area contributed by atoms with Gasteiger partial charge in [0.05, 0.1) is 9.90 Å². The minimum atomic E-state index is 0.00284. The molecule has 146 valence electrons. The Bertz CT molecular complexity index is 1040. The normalized spacial score (nSPS) is 25.9. The number of rotatable bonds is 3. The lowest BCUT2D eigenvalue weighted by Gasteiger charge is -2.56. The number of nitrogens with zero attached hydrogens (tertiary/aromatic N) is 2. The maximum Gasteiger partial charge on any atom is 0.261 e. The quantitative estimate of drug-likeness (QED) is 0.613. The lowest BCUT2D eigenvalue weighted by atomic mass is 9.72. The summed E-state index contributed by atoms with van der Waals surface area (Å²) >= 11 is 9.56. The van der Waals surface area contributed by atoms with E-state index < -0.39 is 0 Å². The van der Waals surface area contributed by atoms with Gasteiger partial charge in [-0.05, 0) is 63.2 Å². The fourth-order valence-electron chi connectivity index (χ4n) is 4.83. The monoisotopic (exact) mass is 431 g/mol. The molecule has 4 nitrogen and oxygen atoms in total. The van der Waals surface area contributed by atoms with Crippen LogP contribution >= 0.6 is 34.3 Å². The molecule has 0 aliphatic carbocycles. The number of hydrogen-bond donors (Lipinski definition) is 1.